The summed E-state index contributed by atoms with van der Waals surface area (Å²) in [6, 6.07) is 14.5. The highest BCUT2D eigenvalue weighted by atomic mass is 35.5. The summed E-state index contributed by atoms with van der Waals surface area (Å²) in [5.41, 5.74) is 1.91. The molecule has 0 aliphatic carbocycles. The number of aryl methyl sites for hydroxylation is 1. The Morgan fingerprint density at radius 3 is 2.67 bits per heavy atom. The van der Waals surface area contributed by atoms with Gasteiger partial charge in [0.25, 0.3) is 0 Å². The number of nitrogens with one attached hydrogen (secondary N) is 2. The molecule has 0 bridgehead atoms. The van der Waals surface area contributed by atoms with Crippen LogP contribution in [-0.2, 0) is 0 Å². The lowest BCUT2D eigenvalue weighted by Gasteiger charge is -2.09. The summed E-state index contributed by atoms with van der Waals surface area (Å²) in [4.78, 5) is 11.7. The number of urea groups is 1. The lowest BCUT2D eigenvalue weighted by molar-refractivity contribution is 0.247. The smallest absolute Gasteiger partial charge is 0.319 e. The Kier molecular flexibility index (Phi) is 5.46. The number of benzene rings is 2. The Labute approximate surface area is 129 Å². The average Bonchev–Trinajstić information content (AvgIpc) is 2.46. The van der Waals surface area contributed by atoms with E-state index in [-0.39, 0.29) is 6.03 Å². The molecule has 0 aliphatic rings. The molecule has 0 fully saturated rings. The van der Waals surface area contributed by atoms with Crippen LogP contribution in [0.5, 0.6) is 5.75 Å². The SMILES string of the molecule is Cc1ccc(NC(=O)NCCOc2cccc(Cl)c2)cc1. The Bertz CT molecular complexity index is 599. The van der Waals surface area contributed by atoms with E-state index in [1.165, 1.54) is 0 Å². The second-order valence-electron chi connectivity index (χ2n) is 4.55. The van der Waals surface area contributed by atoms with E-state index in [0.29, 0.717) is 23.9 Å². The average molecular weight is 305 g/mol. The number of amides is 2. The van der Waals surface area contributed by atoms with Crippen LogP contribution in [-0.4, -0.2) is 19.2 Å². The van der Waals surface area contributed by atoms with E-state index in [9.17, 15) is 4.79 Å². The molecule has 0 atom stereocenters. The fourth-order valence-electron chi connectivity index (χ4n) is 1.70. The van der Waals surface area contributed by atoms with Crippen molar-refractivity contribution in [2.24, 2.45) is 0 Å². The number of hydrogen-bond donors (Lipinski definition) is 2. The van der Waals surface area contributed by atoms with Gasteiger partial charge in [0.05, 0.1) is 6.54 Å². The Morgan fingerprint density at radius 1 is 1.19 bits per heavy atom. The zero-order chi connectivity index (χ0) is 15.1. The molecule has 2 aromatic rings. The predicted molar refractivity (Wildman–Crippen MR) is 85.1 cm³/mol. The van der Waals surface area contributed by atoms with Crippen LogP contribution in [0.4, 0.5) is 10.5 Å². The fourth-order valence-corrected chi connectivity index (χ4v) is 1.88. The van der Waals surface area contributed by atoms with Gasteiger partial charge in [0, 0.05) is 10.7 Å². The molecule has 0 heterocycles. The van der Waals surface area contributed by atoms with Crippen LogP contribution >= 0.6 is 11.6 Å². The van der Waals surface area contributed by atoms with Crippen molar-refractivity contribution >= 4 is 23.3 Å². The maximum atomic E-state index is 11.7. The maximum Gasteiger partial charge on any atom is 0.319 e. The van der Waals surface area contributed by atoms with E-state index in [2.05, 4.69) is 10.6 Å². The molecule has 2 N–H and O–H groups in total. The van der Waals surface area contributed by atoms with E-state index in [4.69, 9.17) is 16.3 Å². The van der Waals surface area contributed by atoms with E-state index in [0.717, 1.165) is 11.3 Å². The van der Waals surface area contributed by atoms with Crippen LogP contribution < -0.4 is 15.4 Å². The molecule has 2 rings (SSSR count). The fraction of sp³-hybridized carbons (Fsp3) is 0.188. The Balaban J connectivity index is 1.68. The number of ether oxygens (including phenoxy) is 1. The molecule has 2 amide bonds. The third-order valence-electron chi connectivity index (χ3n) is 2.76. The van der Waals surface area contributed by atoms with Gasteiger partial charge < -0.3 is 15.4 Å². The summed E-state index contributed by atoms with van der Waals surface area (Å²) in [7, 11) is 0. The molecule has 21 heavy (non-hydrogen) atoms. The van der Waals surface area contributed by atoms with Crippen molar-refractivity contribution in [2.75, 3.05) is 18.5 Å². The van der Waals surface area contributed by atoms with E-state index >= 15 is 0 Å². The number of carbonyl (C=O) groups excluding carboxylic acids is 1. The highest BCUT2D eigenvalue weighted by molar-refractivity contribution is 6.30. The first-order valence-electron chi connectivity index (χ1n) is 6.63. The lowest BCUT2D eigenvalue weighted by atomic mass is 10.2. The summed E-state index contributed by atoms with van der Waals surface area (Å²) in [5.74, 6) is 0.684. The monoisotopic (exact) mass is 304 g/mol. The first kappa shape index (κ1) is 15.2. The third kappa shape index (κ3) is 5.36. The van der Waals surface area contributed by atoms with Crippen LogP contribution in [0.2, 0.25) is 5.02 Å². The topological polar surface area (TPSA) is 50.4 Å². The van der Waals surface area contributed by atoms with Crippen molar-refractivity contribution in [3.05, 3.63) is 59.1 Å². The molecule has 0 unspecified atom stereocenters. The van der Waals surface area contributed by atoms with Crippen LogP contribution in [0.25, 0.3) is 0 Å². The minimum atomic E-state index is -0.256. The van der Waals surface area contributed by atoms with Gasteiger partial charge in [-0.3, -0.25) is 0 Å². The van der Waals surface area contributed by atoms with Crippen LogP contribution in [0.15, 0.2) is 48.5 Å². The second-order valence-corrected chi connectivity index (χ2v) is 4.99. The predicted octanol–water partition coefficient (Wildman–Crippen LogP) is 3.85. The van der Waals surface area contributed by atoms with Gasteiger partial charge in [-0.2, -0.15) is 0 Å². The first-order valence-corrected chi connectivity index (χ1v) is 7.01. The highest BCUT2D eigenvalue weighted by Crippen LogP contribution is 2.16. The summed E-state index contributed by atoms with van der Waals surface area (Å²) in [6.07, 6.45) is 0. The molecular formula is C16H17ClN2O2. The molecule has 0 spiro atoms. The normalized spacial score (nSPS) is 10.0. The minimum Gasteiger partial charge on any atom is -0.492 e. The Hall–Kier alpha value is -2.20. The van der Waals surface area contributed by atoms with Gasteiger partial charge in [-0.1, -0.05) is 35.4 Å². The number of rotatable bonds is 5. The number of carbonyl (C=O) groups is 1. The van der Waals surface area contributed by atoms with Crippen molar-refractivity contribution in [3.63, 3.8) is 0 Å². The van der Waals surface area contributed by atoms with Gasteiger partial charge in [-0.25, -0.2) is 4.79 Å². The summed E-state index contributed by atoms with van der Waals surface area (Å²) >= 11 is 5.85. The summed E-state index contributed by atoms with van der Waals surface area (Å²) in [5, 5.41) is 6.10. The van der Waals surface area contributed by atoms with E-state index in [1.807, 2.05) is 43.3 Å². The molecule has 0 aromatic heterocycles. The first-order chi connectivity index (χ1) is 10.1. The molecular weight excluding hydrogens is 288 g/mol. The minimum absolute atomic E-state index is 0.256. The van der Waals surface area contributed by atoms with E-state index < -0.39 is 0 Å². The van der Waals surface area contributed by atoms with Gasteiger partial charge >= 0.3 is 6.03 Å². The van der Waals surface area contributed by atoms with Crippen LogP contribution in [0, 0.1) is 6.92 Å². The molecule has 4 nitrogen and oxygen atoms in total. The largest absolute Gasteiger partial charge is 0.492 e. The summed E-state index contributed by atoms with van der Waals surface area (Å²) in [6.45, 7) is 2.78. The zero-order valence-electron chi connectivity index (χ0n) is 11.7. The van der Waals surface area contributed by atoms with Gasteiger partial charge in [-0.15, -0.1) is 0 Å². The third-order valence-corrected chi connectivity index (χ3v) is 3.00. The van der Waals surface area contributed by atoms with Crippen molar-refractivity contribution in [1.82, 2.24) is 5.32 Å². The number of anilines is 1. The molecule has 0 radical (unpaired) electrons. The van der Waals surface area contributed by atoms with Gasteiger partial charge in [0.1, 0.15) is 12.4 Å². The summed E-state index contributed by atoms with van der Waals surface area (Å²) < 4.78 is 5.48. The van der Waals surface area contributed by atoms with Crippen molar-refractivity contribution < 1.29 is 9.53 Å². The van der Waals surface area contributed by atoms with Crippen molar-refractivity contribution in [3.8, 4) is 5.75 Å². The molecule has 5 heteroatoms. The van der Waals surface area contributed by atoms with Crippen LogP contribution in [0.1, 0.15) is 5.56 Å². The molecule has 2 aromatic carbocycles. The Morgan fingerprint density at radius 2 is 1.95 bits per heavy atom. The molecule has 0 saturated carbocycles. The van der Waals surface area contributed by atoms with Crippen molar-refractivity contribution in [2.45, 2.75) is 6.92 Å². The quantitative estimate of drug-likeness (QED) is 0.824. The zero-order valence-corrected chi connectivity index (χ0v) is 12.5. The van der Waals surface area contributed by atoms with Gasteiger partial charge in [-0.05, 0) is 37.3 Å². The number of halogens is 1. The maximum absolute atomic E-state index is 11.7. The number of hydrogen-bond acceptors (Lipinski definition) is 2. The van der Waals surface area contributed by atoms with Crippen LogP contribution in [0.3, 0.4) is 0 Å². The van der Waals surface area contributed by atoms with E-state index in [1.54, 1.807) is 12.1 Å². The molecule has 110 valence electrons. The highest BCUT2D eigenvalue weighted by Gasteiger charge is 2.01. The molecule has 0 saturated heterocycles. The van der Waals surface area contributed by atoms with Gasteiger partial charge in [0.15, 0.2) is 0 Å². The lowest BCUT2D eigenvalue weighted by Crippen LogP contribution is -2.32. The van der Waals surface area contributed by atoms with Gasteiger partial charge in [0.2, 0.25) is 0 Å². The second kappa shape index (κ2) is 7.55. The molecule has 0 aliphatic heterocycles. The van der Waals surface area contributed by atoms with Crippen molar-refractivity contribution in [1.29, 1.82) is 0 Å². The standard InChI is InChI=1S/C16H17ClN2O2/c1-12-5-7-14(8-6-12)19-16(20)18-9-10-21-15-4-2-3-13(17)11-15/h2-8,11H,9-10H2,1H3,(H2,18,19,20).